The Bertz CT molecular complexity index is 570. The fourth-order valence-electron chi connectivity index (χ4n) is 2.07. The van der Waals surface area contributed by atoms with Gasteiger partial charge in [0.2, 0.25) is 0 Å². The molecule has 2 aromatic rings. The summed E-state index contributed by atoms with van der Waals surface area (Å²) < 4.78 is 1.91. The molecule has 0 aliphatic rings. The fraction of sp³-hybridized carbons (Fsp3) is 0.333. The Hall–Kier alpha value is -1.84. The van der Waals surface area contributed by atoms with Crippen LogP contribution in [-0.2, 0) is 11.2 Å². The van der Waals surface area contributed by atoms with E-state index >= 15 is 0 Å². The molecule has 2 heterocycles. The van der Waals surface area contributed by atoms with Gasteiger partial charge in [0.1, 0.15) is 5.65 Å². The SMILES string of the molecule is Cc1cc(C)n2c(CC(=O)O)c(C)nc2c1. The van der Waals surface area contributed by atoms with E-state index in [2.05, 4.69) is 4.98 Å². The molecule has 0 unspecified atom stereocenters. The number of hydrogen-bond acceptors (Lipinski definition) is 2. The lowest BCUT2D eigenvalue weighted by molar-refractivity contribution is -0.136. The smallest absolute Gasteiger partial charge is 0.309 e. The average Bonchev–Trinajstić information content (AvgIpc) is 2.41. The second-order valence-electron chi connectivity index (χ2n) is 4.08. The van der Waals surface area contributed by atoms with Crippen LogP contribution in [0.3, 0.4) is 0 Å². The lowest BCUT2D eigenvalue weighted by atomic mass is 10.2. The van der Waals surface area contributed by atoms with E-state index in [9.17, 15) is 4.79 Å². The summed E-state index contributed by atoms with van der Waals surface area (Å²) in [6.45, 7) is 5.82. The van der Waals surface area contributed by atoms with E-state index in [1.165, 1.54) is 0 Å². The second-order valence-corrected chi connectivity index (χ2v) is 4.08. The molecule has 0 saturated carbocycles. The standard InChI is InChI=1S/C12H14N2O2/c1-7-4-8(2)14-10(6-12(15)16)9(3)13-11(14)5-7/h4-5H,6H2,1-3H3,(H,15,16). The third kappa shape index (κ3) is 1.66. The molecule has 1 N–H and O–H groups in total. The molecule has 84 valence electrons. The number of aromatic nitrogens is 2. The summed E-state index contributed by atoms with van der Waals surface area (Å²) in [5, 5.41) is 8.87. The van der Waals surface area contributed by atoms with Crippen LogP contribution in [0, 0.1) is 20.8 Å². The lowest BCUT2D eigenvalue weighted by Gasteiger charge is -2.05. The van der Waals surface area contributed by atoms with Gasteiger partial charge in [-0.1, -0.05) is 0 Å². The van der Waals surface area contributed by atoms with Crippen molar-refractivity contribution in [2.45, 2.75) is 27.2 Å². The topological polar surface area (TPSA) is 54.6 Å². The van der Waals surface area contributed by atoms with Gasteiger partial charge >= 0.3 is 5.97 Å². The molecule has 0 amide bonds. The molecular weight excluding hydrogens is 204 g/mol. The summed E-state index contributed by atoms with van der Waals surface area (Å²) in [6.07, 6.45) is 0.0108. The van der Waals surface area contributed by atoms with Crippen molar-refractivity contribution in [3.63, 3.8) is 0 Å². The van der Waals surface area contributed by atoms with E-state index in [1.54, 1.807) is 0 Å². The molecule has 0 aliphatic heterocycles. The van der Waals surface area contributed by atoms with E-state index in [4.69, 9.17) is 5.11 Å². The Balaban J connectivity index is 2.73. The number of aryl methyl sites for hydroxylation is 3. The van der Waals surface area contributed by atoms with Gasteiger partial charge < -0.3 is 9.51 Å². The summed E-state index contributed by atoms with van der Waals surface area (Å²) in [5.74, 6) is -0.829. The van der Waals surface area contributed by atoms with Crippen molar-refractivity contribution in [1.29, 1.82) is 0 Å². The summed E-state index contributed by atoms with van der Waals surface area (Å²) in [4.78, 5) is 15.2. The number of carboxylic acid groups (broad SMARTS) is 1. The molecule has 2 rings (SSSR count). The first-order chi connectivity index (χ1) is 7.49. The summed E-state index contributed by atoms with van der Waals surface area (Å²) in [7, 11) is 0. The van der Waals surface area contributed by atoms with Crippen molar-refractivity contribution in [3.8, 4) is 0 Å². The van der Waals surface area contributed by atoms with Crippen molar-refractivity contribution < 1.29 is 9.90 Å². The Morgan fingerprint density at radius 1 is 1.38 bits per heavy atom. The number of carboxylic acids is 1. The second kappa shape index (κ2) is 3.63. The number of rotatable bonds is 2. The molecule has 0 spiro atoms. The Morgan fingerprint density at radius 3 is 2.69 bits per heavy atom. The number of imidazole rings is 1. The molecule has 4 nitrogen and oxygen atoms in total. The molecule has 0 fully saturated rings. The summed E-state index contributed by atoms with van der Waals surface area (Å²) in [5.41, 5.74) is 4.53. The van der Waals surface area contributed by atoms with Crippen LogP contribution in [0.5, 0.6) is 0 Å². The van der Waals surface area contributed by atoms with Gasteiger partial charge in [-0.25, -0.2) is 4.98 Å². The minimum atomic E-state index is -0.829. The first-order valence-corrected chi connectivity index (χ1v) is 5.16. The van der Waals surface area contributed by atoms with Gasteiger partial charge in [-0.05, 0) is 38.5 Å². The Labute approximate surface area is 93.5 Å². The molecule has 0 saturated heterocycles. The van der Waals surface area contributed by atoms with Gasteiger partial charge in [-0.2, -0.15) is 0 Å². The van der Waals surface area contributed by atoms with Crippen LogP contribution in [0.25, 0.3) is 5.65 Å². The van der Waals surface area contributed by atoms with Crippen molar-refractivity contribution in [3.05, 3.63) is 34.8 Å². The lowest BCUT2D eigenvalue weighted by Crippen LogP contribution is -2.06. The normalized spacial score (nSPS) is 10.9. The van der Waals surface area contributed by atoms with Crippen LogP contribution in [-0.4, -0.2) is 20.5 Å². The maximum Gasteiger partial charge on any atom is 0.309 e. The largest absolute Gasteiger partial charge is 0.481 e. The predicted molar refractivity (Wildman–Crippen MR) is 60.7 cm³/mol. The maximum absolute atomic E-state index is 10.8. The molecule has 0 radical (unpaired) electrons. The van der Waals surface area contributed by atoms with Crippen molar-refractivity contribution in [1.82, 2.24) is 9.38 Å². The van der Waals surface area contributed by atoms with Crippen molar-refractivity contribution in [2.24, 2.45) is 0 Å². The molecule has 0 atom stereocenters. The molecular formula is C12H14N2O2. The summed E-state index contributed by atoms with van der Waals surface area (Å²) in [6, 6.07) is 3.99. The number of nitrogens with zero attached hydrogens (tertiary/aromatic N) is 2. The highest BCUT2D eigenvalue weighted by Gasteiger charge is 2.13. The quantitative estimate of drug-likeness (QED) is 0.837. The van der Waals surface area contributed by atoms with Gasteiger partial charge in [0.25, 0.3) is 0 Å². The van der Waals surface area contributed by atoms with Crippen LogP contribution < -0.4 is 0 Å². The van der Waals surface area contributed by atoms with Gasteiger partial charge in [-0.3, -0.25) is 4.79 Å². The summed E-state index contributed by atoms with van der Waals surface area (Å²) >= 11 is 0. The van der Waals surface area contributed by atoms with Crippen LogP contribution in [0.15, 0.2) is 12.1 Å². The molecule has 4 heteroatoms. The molecule has 0 aromatic carbocycles. The number of aliphatic carboxylic acids is 1. The predicted octanol–water partition coefficient (Wildman–Crippen LogP) is 1.89. The number of carbonyl (C=O) groups is 1. The molecule has 0 bridgehead atoms. The Kier molecular flexibility index (Phi) is 2.42. The number of pyridine rings is 1. The van der Waals surface area contributed by atoms with Crippen LogP contribution >= 0.6 is 0 Å². The zero-order valence-electron chi connectivity index (χ0n) is 9.61. The van der Waals surface area contributed by atoms with Gasteiger partial charge in [0.05, 0.1) is 17.8 Å². The van der Waals surface area contributed by atoms with E-state index in [-0.39, 0.29) is 6.42 Å². The first kappa shape index (κ1) is 10.7. The van der Waals surface area contributed by atoms with E-state index in [0.717, 1.165) is 28.3 Å². The van der Waals surface area contributed by atoms with Crippen molar-refractivity contribution >= 4 is 11.6 Å². The highest BCUT2D eigenvalue weighted by atomic mass is 16.4. The zero-order chi connectivity index (χ0) is 11.9. The van der Waals surface area contributed by atoms with Crippen LogP contribution in [0.1, 0.15) is 22.6 Å². The third-order valence-corrected chi connectivity index (χ3v) is 2.66. The number of hydrogen-bond donors (Lipinski definition) is 1. The van der Waals surface area contributed by atoms with E-state index < -0.39 is 5.97 Å². The molecule has 16 heavy (non-hydrogen) atoms. The monoisotopic (exact) mass is 218 g/mol. The van der Waals surface area contributed by atoms with Crippen molar-refractivity contribution in [2.75, 3.05) is 0 Å². The average molecular weight is 218 g/mol. The number of fused-ring (bicyclic) bond motifs is 1. The maximum atomic E-state index is 10.8. The van der Waals surface area contributed by atoms with E-state index in [0.29, 0.717) is 0 Å². The highest BCUT2D eigenvalue weighted by Crippen LogP contribution is 2.17. The van der Waals surface area contributed by atoms with Gasteiger partial charge in [0.15, 0.2) is 0 Å². The van der Waals surface area contributed by atoms with Crippen LogP contribution in [0.4, 0.5) is 0 Å². The molecule has 0 aliphatic carbocycles. The van der Waals surface area contributed by atoms with Gasteiger partial charge in [-0.15, -0.1) is 0 Å². The Morgan fingerprint density at radius 2 is 2.06 bits per heavy atom. The highest BCUT2D eigenvalue weighted by molar-refractivity contribution is 5.70. The fourth-order valence-corrected chi connectivity index (χ4v) is 2.07. The van der Waals surface area contributed by atoms with Crippen LogP contribution in [0.2, 0.25) is 0 Å². The minimum absolute atomic E-state index is 0.0108. The minimum Gasteiger partial charge on any atom is -0.481 e. The van der Waals surface area contributed by atoms with E-state index in [1.807, 2.05) is 37.3 Å². The molecule has 2 aromatic heterocycles. The zero-order valence-corrected chi connectivity index (χ0v) is 9.61. The third-order valence-electron chi connectivity index (χ3n) is 2.66. The van der Waals surface area contributed by atoms with Gasteiger partial charge in [0, 0.05) is 5.69 Å². The first-order valence-electron chi connectivity index (χ1n) is 5.16.